The second-order valence-corrected chi connectivity index (χ2v) is 6.20. The van der Waals surface area contributed by atoms with Crippen LogP contribution in [0.25, 0.3) is 16.3 Å². The molecule has 0 aliphatic carbocycles. The zero-order valence-electron chi connectivity index (χ0n) is 13.0. The molecule has 0 saturated carbocycles. The molecule has 0 aliphatic rings. The summed E-state index contributed by atoms with van der Waals surface area (Å²) in [5, 5.41) is 10.6. The topological polar surface area (TPSA) is 77.5 Å². The Balaban J connectivity index is 1.85. The summed E-state index contributed by atoms with van der Waals surface area (Å²) in [4.78, 5) is 26.6. The van der Waals surface area contributed by atoms with Crippen molar-refractivity contribution in [1.82, 2.24) is 4.57 Å². The van der Waals surface area contributed by atoms with Crippen LogP contribution in [0.2, 0.25) is 0 Å². The van der Waals surface area contributed by atoms with Crippen LogP contribution < -0.4 is 4.80 Å². The van der Waals surface area contributed by atoms with E-state index in [0.717, 1.165) is 5.52 Å². The smallest absolute Gasteiger partial charge is 0.272 e. The lowest BCUT2D eigenvalue weighted by Gasteiger charge is -1.94. The Morgan fingerprint density at radius 3 is 2.68 bits per heavy atom. The van der Waals surface area contributed by atoms with Crippen molar-refractivity contribution in [3.05, 3.63) is 74.8 Å². The molecule has 1 heterocycles. The first-order valence-corrected chi connectivity index (χ1v) is 8.02. The predicted octanol–water partition coefficient (Wildman–Crippen LogP) is 3.43. The van der Waals surface area contributed by atoms with Crippen LogP contribution in [0.1, 0.15) is 5.56 Å². The van der Waals surface area contributed by atoms with E-state index in [1.165, 1.54) is 47.8 Å². The highest BCUT2D eigenvalue weighted by Gasteiger charge is 2.05. The van der Waals surface area contributed by atoms with Crippen molar-refractivity contribution in [2.45, 2.75) is 0 Å². The highest BCUT2D eigenvalue weighted by molar-refractivity contribution is 7.16. The standard InChI is InChI=1S/C17H12FN3O3S/c1-20-14-8-5-12(18)10-15(14)25-17(20)19-16(22)9-4-11-2-6-13(7-3-11)21(23)24/h2-10H,1H3. The van der Waals surface area contributed by atoms with Gasteiger partial charge in [0.15, 0.2) is 4.80 Å². The van der Waals surface area contributed by atoms with E-state index >= 15 is 0 Å². The normalized spacial score (nSPS) is 12.2. The Labute approximate surface area is 145 Å². The molecule has 0 N–H and O–H groups in total. The first-order valence-electron chi connectivity index (χ1n) is 7.20. The zero-order chi connectivity index (χ0) is 18.0. The fraction of sp³-hybridized carbons (Fsp3) is 0.0588. The van der Waals surface area contributed by atoms with Gasteiger partial charge >= 0.3 is 0 Å². The molecular formula is C17H12FN3O3S. The molecule has 3 rings (SSSR count). The van der Waals surface area contributed by atoms with E-state index < -0.39 is 10.8 Å². The van der Waals surface area contributed by atoms with E-state index in [9.17, 15) is 19.3 Å². The van der Waals surface area contributed by atoms with E-state index in [2.05, 4.69) is 4.99 Å². The van der Waals surface area contributed by atoms with Gasteiger partial charge < -0.3 is 4.57 Å². The van der Waals surface area contributed by atoms with Gasteiger partial charge in [0.2, 0.25) is 0 Å². The molecule has 2 aromatic carbocycles. The minimum atomic E-state index is -0.488. The maximum atomic E-state index is 13.3. The number of fused-ring (bicyclic) bond motifs is 1. The average molecular weight is 357 g/mol. The molecule has 1 aromatic heterocycles. The fourth-order valence-electron chi connectivity index (χ4n) is 2.22. The van der Waals surface area contributed by atoms with E-state index in [0.29, 0.717) is 15.1 Å². The molecule has 0 fully saturated rings. The van der Waals surface area contributed by atoms with E-state index in [-0.39, 0.29) is 11.5 Å². The molecule has 0 spiro atoms. The number of aryl methyl sites for hydroxylation is 1. The molecule has 3 aromatic rings. The Morgan fingerprint density at radius 1 is 1.28 bits per heavy atom. The van der Waals surface area contributed by atoms with E-state index in [1.54, 1.807) is 29.8 Å². The van der Waals surface area contributed by atoms with Crippen LogP contribution in [0.5, 0.6) is 0 Å². The van der Waals surface area contributed by atoms with Crippen LogP contribution in [0, 0.1) is 15.9 Å². The number of nitro benzene ring substituents is 1. The van der Waals surface area contributed by atoms with Crippen molar-refractivity contribution < 1.29 is 14.1 Å². The Hall–Kier alpha value is -3.13. The minimum Gasteiger partial charge on any atom is -0.319 e. The average Bonchev–Trinajstić information content (AvgIpc) is 2.88. The van der Waals surface area contributed by atoms with Crippen LogP contribution in [-0.2, 0) is 11.8 Å². The first kappa shape index (κ1) is 16.7. The lowest BCUT2D eigenvalue weighted by atomic mass is 10.2. The Kier molecular flexibility index (Phi) is 4.53. The van der Waals surface area contributed by atoms with Crippen LogP contribution in [0.4, 0.5) is 10.1 Å². The number of thiazole rings is 1. The number of halogens is 1. The van der Waals surface area contributed by atoms with Gasteiger partial charge in [0, 0.05) is 25.3 Å². The van der Waals surface area contributed by atoms with Crippen LogP contribution in [-0.4, -0.2) is 15.4 Å². The summed E-state index contributed by atoms with van der Waals surface area (Å²) in [6.07, 6.45) is 2.81. The molecule has 0 bridgehead atoms. The molecule has 0 radical (unpaired) electrons. The summed E-state index contributed by atoms with van der Waals surface area (Å²) in [6.45, 7) is 0. The Morgan fingerprint density at radius 2 is 2.00 bits per heavy atom. The lowest BCUT2D eigenvalue weighted by Crippen LogP contribution is -2.12. The molecular weight excluding hydrogens is 345 g/mol. The third-order valence-corrected chi connectivity index (χ3v) is 4.59. The Bertz CT molecular complexity index is 1060. The molecule has 0 aliphatic heterocycles. The third kappa shape index (κ3) is 3.69. The third-order valence-electron chi connectivity index (χ3n) is 3.50. The van der Waals surface area contributed by atoms with Crippen molar-refractivity contribution in [2.75, 3.05) is 0 Å². The summed E-state index contributed by atoms with van der Waals surface area (Å²) < 4.78 is 15.7. The van der Waals surface area contributed by atoms with Crippen molar-refractivity contribution in [3.63, 3.8) is 0 Å². The van der Waals surface area contributed by atoms with Gasteiger partial charge in [0.1, 0.15) is 5.82 Å². The number of carbonyl (C=O) groups excluding carboxylic acids is 1. The van der Waals surface area contributed by atoms with Crippen LogP contribution in [0.15, 0.2) is 53.5 Å². The molecule has 126 valence electrons. The van der Waals surface area contributed by atoms with Crippen LogP contribution in [0.3, 0.4) is 0 Å². The second-order valence-electron chi connectivity index (χ2n) is 5.19. The monoisotopic (exact) mass is 357 g/mol. The number of nitrogens with zero attached hydrogens (tertiary/aromatic N) is 3. The molecule has 0 atom stereocenters. The van der Waals surface area contributed by atoms with Gasteiger partial charge in [0.05, 0.1) is 15.1 Å². The number of hydrogen-bond acceptors (Lipinski definition) is 4. The van der Waals surface area contributed by atoms with E-state index in [4.69, 9.17) is 0 Å². The van der Waals surface area contributed by atoms with Gasteiger partial charge in [-0.3, -0.25) is 14.9 Å². The largest absolute Gasteiger partial charge is 0.319 e. The van der Waals surface area contributed by atoms with Crippen molar-refractivity contribution >= 4 is 39.2 Å². The van der Waals surface area contributed by atoms with Crippen LogP contribution >= 0.6 is 11.3 Å². The van der Waals surface area contributed by atoms with Gasteiger partial charge in [-0.05, 0) is 42.0 Å². The molecule has 6 nitrogen and oxygen atoms in total. The molecule has 8 heteroatoms. The minimum absolute atomic E-state index is 0.0160. The number of amides is 1. The van der Waals surface area contributed by atoms with Crippen molar-refractivity contribution in [3.8, 4) is 0 Å². The summed E-state index contributed by atoms with van der Waals surface area (Å²) in [7, 11) is 1.75. The molecule has 0 saturated heterocycles. The van der Waals surface area contributed by atoms with Gasteiger partial charge in [-0.1, -0.05) is 11.3 Å². The number of carbonyl (C=O) groups is 1. The second kappa shape index (κ2) is 6.78. The SMILES string of the molecule is Cn1c(=NC(=O)C=Cc2ccc([N+](=O)[O-])cc2)sc2cc(F)ccc21. The highest BCUT2D eigenvalue weighted by atomic mass is 32.1. The van der Waals surface area contributed by atoms with Gasteiger partial charge in [-0.2, -0.15) is 4.99 Å². The number of aromatic nitrogens is 1. The predicted molar refractivity (Wildman–Crippen MR) is 93.5 cm³/mol. The summed E-state index contributed by atoms with van der Waals surface area (Å²) in [5.41, 5.74) is 1.42. The molecule has 25 heavy (non-hydrogen) atoms. The number of non-ortho nitro benzene ring substituents is 1. The first-order chi connectivity index (χ1) is 11.9. The number of hydrogen-bond donors (Lipinski definition) is 0. The summed E-state index contributed by atoms with van der Waals surface area (Å²) in [6, 6.07) is 10.2. The highest BCUT2D eigenvalue weighted by Crippen LogP contribution is 2.17. The maximum absolute atomic E-state index is 13.3. The van der Waals surface area contributed by atoms with Crippen molar-refractivity contribution in [1.29, 1.82) is 0 Å². The number of nitro groups is 1. The molecule has 1 amide bonds. The van der Waals surface area contributed by atoms with E-state index in [1.807, 2.05) is 0 Å². The quantitative estimate of drug-likeness (QED) is 0.409. The number of rotatable bonds is 3. The maximum Gasteiger partial charge on any atom is 0.272 e. The molecule has 0 unspecified atom stereocenters. The summed E-state index contributed by atoms with van der Waals surface area (Å²) >= 11 is 1.22. The fourth-order valence-corrected chi connectivity index (χ4v) is 3.27. The lowest BCUT2D eigenvalue weighted by molar-refractivity contribution is -0.384. The number of benzene rings is 2. The van der Waals surface area contributed by atoms with Gasteiger partial charge in [-0.25, -0.2) is 4.39 Å². The van der Waals surface area contributed by atoms with Gasteiger partial charge in [-0.15, -0.1) is 0 Å². The van der Waals surface area contributed by atoms with Gasteiger partial charge in [0.25, 0.3) is 11.6 Å². The zero-order valence-corrected chi connectivity index (χ0v) is 13.9. The van der Waals surface area contributed by atoms with Crippen molar-refractivity contribution in [2.24, 2.45) is 12.0 Å². The summed E-state index contributed by atoms with van der Waals surface area (Å²) in [5.74, 6) is -0.814.